The van der Waals surface area contributed by atoms with Crippen molar-refractivity contribution in [2.75, 3.05) is 18.1 Å². The predicted molar refractivity (Wildman–Crippen MR) is 73.6 cm³/mol. The van der Waals surface area contributed by atoms with E-state index in [2.05, 4.69) is 4.98 Å². The fourth-order valence-corrected chi connectivity index (χ4v) is 3.60. The number of carbonyl (C=O) groups excluding carboxylic acids is 2. The van der Waals surface area contributed by atoms with Gasteiger partial charge in [0, 0.05) is 23.6 Å². The highest BCUT2D eigenvalue weighted by molar-refractivity contribution is 8.14. The Bertz CT molecular complexity index is 642. The van der Waals surface area contributed by atoms with Crippen molar-refractivity contribution in [2.45, 2.75) is 18.6 Å². The number of thiazole rings is 1. The normalized spacial score (nSPS) is 19.4. The Hall–Kier alpha value is -1.19. The maximum atomic E-state index is 11.8. The molecule has 1 aromatic rings. The van der Waals surface area contributed by atoms with E-state index < -0.39 is 20.3 Å². The second kappa shape index (κ2) is 5.66. The highest BCUT2D eigenvalue weighted by atomic mass is 35.7. The van der Waals surface area contributed by atoms with E-state index in [0.29, 0.717) is 0 Å². The van der Waals surface area contributed by atoms with Crippen LogP contribution in [0.15, 0.2) is 6.20 Å². The number of carbonyl (C=O) groups is 2. The zero-order valence-corrected chi connectivity index (χ0v) is 12.8. The van der Waals surface area contributed by atoms with E-state index >= 15 is 0 Å². The first-order valence-electron chi connectivity index (χ1n) is 5.69. The number of hydrogen-bond donors (Lipinski definition) is 0. The minimum absolute atomic E-state index is 0.0551. The van der Waals surface area contributed by atoms with Gasteiger partial charge in [0.1, 0.15) is 10.1 Å². The Balaban J connectivity index is 2.17. The van der Waals surface area contributed by atoms with Gasteiger partial charge in [0.2, 0.25) is 15.0 Å². The number of hydrogen-bond acceptors (Lipinski definition) is 7. The molecule has 1 aromatic heterocycles. The minimum atomic E-state index is -3.80. The second-order valence-electron chi connectivity index (χ2n) is 4.03. The molecule has 0 bridgehead atoms. The molecule has 0 N–H and O–H groups in total. The summed E-state index contributed by atoms with van der Waals surface area (Å²) < 4.78 is 27.3. The van der Waals surface area contributed by atoms with Crippen molar-refractivity contribution in [1.82, 2.24) is 4.98 Å². The number of rotatable bonds is 4. The van der Waals surface area contributed by atoms with Crippen LogP contribution in [-0.4, -0.2) is 43.7 Å². The molecule has 0 saturated carbocycles. The van der Waals surface area contributed by atoms with Gasteiger partial charge in [-0.2, -0.15) is 0 Å². The lowest BCUT2D eigenvalue weighted by atomic mass is 10.4. The fraction of sp³-hybridized carbons (Fsp3) is 0.500. The number of anilines is 1. The highest BCUT2D eigenvalue weighted by Gasteiger charge is 2.39. The van der Waals surface area contributed by atoms with Crippen LogP contribution < -0.4 is 4.90 Å². The lowest BCUT2D eigenvalue weighted by molar-refractivity contribution is -0.117. The minimum Gasteiger partial charge on any atom is -0.462 e. The van der Waals surface area contributed by atoms with Crippen LogP contribution in [0.2, 0.25) is 0 Å². The van der Waals surface area contributed by atoms with Crippen LogP contribution in [0.3, 0.4) is 0 Å². The molecule has 10 heteroatoms. The molecule has 1 atom stereocenters. The summed E-state index contributed by atoms with van der Waals surface area (Å²) in [5, 5.41) is -0.688. The first-order valence-corrected chi connectivity index (χ1v) is 8.88. The third kappa shape index (κ3) is 3.10. The summed E-state index contributed by atoms with van der Waals surface area (Å²) in [5.74, 6) is -0.909. The average Bonchev–Trinajstić information content (AvgIpc) is 2.94. The molecule has 1 aliphatic heterocycles. The Labute approximate surface area is 123 Å². The number of nitrogens with zero attached hydrogens (tertiary/aromatic N) is 2. The molecule has 7 nitrogen and oxygen atoms in total. The van der Waals surface area contributed by atoms with E-state index in [-0.39, 0.29) is 35.5 Å². The zero-order chi connectivity index (χ0) is 14.9. The van der Waals surface area contributed by atoms with Crippen LogP contribution in [0.25, 0.3) is 0 Å². The summed E-state index contributed by atoms with van der Waals surface area (Å²) in [4.78, 5) is 28.7. The average molecular weight is 339 g/mol. The van der Waals surface area contributed by atoms with Crippen molar-refractivity contribution < 1.29 is 22.7 Å². The number of amides is 1. The first-order chi connectivity index (χ1) is 9.32. The quantitative estimate of drug-likeness (QED) is 0.600. The Morgan fingerprint density at radius 3 is 2.90 bits per heavy atom. The monoisotopic (exact) mass is 338 g/mol. The topological polar surface area (TPSA) is 93.6 Å². The molecule has 2 rings (SSSR count). The van der Waals surface area contributed by atoms with E-state index in [1.165, 1.54) is 11.1 Å². The molecule has 0 spiro atoms. The molecular formula is C10H11ClN2O5S2. The maximum Gasteiger partial charge on any atom is 0.350 e. The molecular weight excluding hydrogens is 328 g/mol. The molecule has 0 aromatic carbocycles. The molecule has 1 fully saturated rings. The molecule has 1 amide bonds. The number of aromatic nitrogens is 1. The predicted octanol–water partition coefficient (Wildman–Crippen LogP) is 0.994. The molecule has 1 saturated heterocycles. The molecule has 1 aliphatic rings. The summed E-state index contributed by atoms with van der Waals surface area (Å²) in [5.41, 5.74) is 0. The van der Waals surface area contributed by atoms with Crippen molar-refractivity contribution in [3.8, 4) is 0 Å². The van der Waals surface area contributed by atoms with Crippen molar-refractivity contribution in [3.05, 3.63) is 11.1 Å². The molecule has 0 aliphatic carbocycles. The third-order valence-corrected chi connectivity index (χ3v) is 5.56. The lowest BCUT2D eigenvalue weighted by Crippen LogP contribution is -2.26. The second-order valence-corrected chi connectivity index (χ2v) is 7.95. The summed E-state index contributed by atoms with van der Waals surface area (Å²) >= 11 is 0.976. The molecule has 110 valence electrons. The molecule has 1 unspecified atom stereocenters. The van der Waals surface area contributed by atoms with E-state index in [0.717, 1.165) is 11.3 Å². The van der Waals surface area contributed by atoms with Crippen molar-refractivity contribution in [3.63, 3.8) is 0 Å². The van der Waals surface area contributed by atoms with E-state index in [4.69, 9.17) is 15.4 Å². The van der Waals surface area contributed by atoms with Gasteiger partial charge >= 0.3 is 5.97 Å². The largest absolute Gasteiger partial charge is 0.462 e. The van der Waals surface area contributed by atoms with Crippen molar-refractivity contribution in [1.29, 1.82) is 0 Å². The van der Waals surface area contributed by atoms with Gasteiger partial charge in [0.25, 0.3) is 0 Å². The number of ether oxygens (including phenoxy) is 1. The smallest absolute Gasteiger partial charge is 0.350 e. The SMILES string of the molecule is CCOC(=O)c1cnc(N2CC(S(=O)(=O)Cl)CC2=O)s1. The van der Waals surface area contributed by atoms with Crippen LogP contribution in [0.4, 0.5) is 5.13 Å². The standard InChI is InChI=1S/C10H11ClN2O5S2/c1-2-18-9(15)7-4-12-10(19-7)13-5-6(3-8(13)14)20(11,16)17/h4,6H,2-3,5H2,1H3. The zero-order valence-electron chi connectivity index (χ0n) is 10.4. The summed E-state index contributed by atoms with van der Waals surface area (Å²) in [7, 11) is 1.46. The van der Waals surface area contributed by atoms with Gasteiger partial charge in [-0.05, 0) is 6.92 Å². The van der Waals surface area contributed by atoms with Crippen LogP contribution in [-0.2, 0) is 18.6 Å². The molecule has 2 heterocycles. The van der Waals surface area contributed by atoms with E-state index in [1.807, 2.05) is 0 Å². The third-order valence-electron chi connectivity index (χ3n) is 2.69. The van der Waals surface area contributed by atoms with E-state index in [9.17, 15) is 18.0 Å². The van der Waals surface area contributed by atoms with Gasteiger partial charge < -0.3 is 4.74 Å². The first kappa shape index (κ1) is 15.2. The Kier molecular flexibility index (Phi) is 4.31. The van der Waals surface area contributed by atoms with Gasteiger partial charge in [-0.25, -0.2) is 18.2 Å². The van der Waals surface area contributed by atoms with Gasteiger partial charge in [0.05, 0.1) is 12.8 Å². The summed E-state index contributed by atoms with van der Waals surface area (Å²) in [6, 6.07) is 0. The highest BCUT2D eigenvalue weighted by Crippen LogP contribution is 2.30. The van der Waals surface area contributed by atoms with Gasteiger partial charge in [-0.15, -0.1) is 0 Å². The number of esters is 1. The number of halogens is 1. The van der Waals surface area contributed by atoms with Crippen molar-refractivity contribution >= 4 is 48.1 Å². The fourth-order valence-electron chi connectivity index (χ4n) is 1.73. The molecule has 0 radical (unpaired) electrons. The van der Waals surface area contributed by atoms with Crippen LogP contribution in [0.1, 0.15) is 23.0 Å². The van der Waals surface area contributed by atoms with Crippen molar-refractivity contribution in [2.24, 2.45) is 0 Å². The summed E-state index contributed by atoms with van der Waals surface area (Å²) in [6.45, 7) is 1.86. The van der Waals surface area contributed by atoms with Crippen LogP contribution in [0, 0.1) is 0 Å². The maximum absolute atomic E-state index is 11.8. The van der Waals surface area contributed by atoms with Gasteiger partial charge in [0.15, 0.2) is 5.13 Å². The lowest BCUT2D eigenvalue weighted by Gasteiger charge is -2.11. The van der Waals surface area contributed by atoms with Gasteiger partial charge in [-0.1, -0.05) is 11.3 Å². The van der Waals surface area contributed by atoms with E-state index in [1.54, 1.807) is 6.92 Å². The Morgan fingerprint density at radius 1 is 1.65 bits per heavy atom. The molecule has 20 heavy (non-hydrogen) atoms. The van der Waals surface area contributed by atoms with Crippen LogP contribution >= 0.6 is 22.0 Å². The van der Waals surface area contributed by atoms with Gasteiger partial charge in [-0.3, -0.25) is 9.69 Å². The van der Waals surface area contributed by atoms with Crippen LogP contribution in [0.5, 0.6) is 0 Å². The summed E-state index contributed by atoms with van der Waals surface area (Å²) in [6.07, 6.45) is 1.12. The Morgan fingerprint density at radius 2 is 2.35 bits per heavy atom.